The fraction of sp³-hybridized carbons (Fsp3) is 0.316. The van der Waals surface area contributed by atoms with Crippen LogP contribution < -0.4 is 18.9 Å². The Morgan fingerprint density at radius 1 is 1.22 bits per heavy atom. The lowest BCUT2D eigenvalue weighted by Crippen LogP contribution is -2.26. The van der Waals surface area contributed by atoms with Crippen LogP contribution in [0.15, 0.2) is 30.3 Å². The Bertz CT molecular complexity index is 885. The summed E-state index contributed by atoms with van der Waals surface area (Å²) in [5.74, 6) is -0.419. The van der Waals surface area contributed by atoms with Gasteiger partial charge in [0, 0.05) is 23.3 Å². The van der Waals surface area contributed by atoms with Crippen molar-refractivity contribution in [1.29, 1.82) is 0 Å². The molecule has 6 nitrogen and oxygen atoms in total. The molecule has 4 rings (SSSR count). The number of rotatable bonds is 5. The van der Waals surface area contributed by atoms with E-state index in [1.54, 1.807) is 18.2 Å². The zero-order chi connectivity index (χ0) is 19.0. The van der Waals surface area contributed by atoms with Crippen LogP contribution in [0.4, 0.5) is 8.78 Å². The van der Waals surface area contributed by atoms with Crippen molar-refractivity contribution < 1.29 is 37.3 Å². The molecule has 0 aromatic heterocycles. The Kier molecular flexibility index (Phi) is 4.47. The molecule has 0 amide bonds. The number of hydrogen-bond donors (Lipinski definition) is 0. The van der Waals surface area contributed by atoms with Gasteiger partial charge in [0.25, 0.3) is 0 Å². The minimum atomic E-state index is -1.80. The second-order valence-electron chi connectivity index (χ2n) is 6.13. The monoisotopic (exact) mass is 378 g/mol. The molecule has 0 bridgehead atoms. The molecule has 8 heteroatoms. The maximum absolute atomic E-state index is 14.2. The molecular formula is C19H16F2O6. The van der Waals surface area contributed by atoms with Crippen molar-refractivity contribution in [3.05, 3.63) is 47.3 Å². The summed E-state index contributed by atoms with van der Waals surface area (Å²) < 4.78 is 54.0. The summed E-state index contributed by atoms with van der Waals surface area (Å²) in [4.78, 5) is 11.4. The molecule has 2 aliphatic heterocycles. The van der Waals surface area contributed by atoms with Crippen molar-refractivity contribution in [2.24, 2.45) is 0 Å². The van der Waals surface area contributed by atoms with Crippen molar-refractivity contribution in [3.63, 3.8) is 0 Å². The van der Waals surface area contributed by atoms with Crippen LogP contribution in [0.2, 0.25) is 0 Å². The molecule has 2 aromatic carbocycles. The zero-order valence-corrected chi connectivity index (χ0v) is 14.4. The number of fused-ring (bicyclic) bond motifs is 2. The predicted octanol–water partition coefficient (Wildman–Crippen LogP) is 3.12. The Balaban J connectivity index is 1.49. The van der Waals surface area contributed by atoms with E-state index in [9.17, 15) is 13.6 Å². The van der Waals surface area contributed by atoms with Crippen LogP contribution in [0.25, 0.3) is 0 Å². The second-order valence-corrected chi connectivity index (χ2v) is 6.13. The van der Waals surface area contributed by atoms with Crippen molar-refractivity contribution in [1.82, 2.24) is 0 Å². The molecule has 27 heavy (non-hydrogen) atoms. The number of ether oxygens (including phenoxy) is 5. The van der Waals surface area contributed by atoms with Gasteiger partial charge in [-0.3, -0.25) is 0 Å². The molecule has 0 fully saturated rings. The molecule has 2 atom stereocenters. The number of carbonyl (C=O) groups is 1. The summed E-state index contributed by atoms with van der Waals surface area (Å²) in [6, 6.07) is 7.46. The van der Waals surface area contributed by atoms with Gasteiger partial charge in [-0.15, -0.1) is 0 Å². The molecule has 0 spiro atoms. The van der Waals surface area contributed by atoms with Crippen LogP contribution >= 0.6 is 0 Å². The average molecular weight is 378 g/mol. The van der Waals surface area contributed by atoms with Gasteiger partial charge in [0.05, 0.1) is 19.6 Å². The van der Waals surface area contributed by atoms with E-state index >= 15 is 0 Å². The van der Waals surface area contributed by atoms with E-state index in [0.717, 1.165) is 7.11 Å². The zero-order valence-electron chi connectivity index (χ0n) is 14.4. The van der Waals surface area contributed by atoms with Crippen LogP contribution in [0.3, 0.4) is 0 Å². The first-order valence-corrected chi connectivity index (χ1v) is 8.26. The van der Waals surface area contributed by atoms with Gasteiger partial charge in [0.2, 0.25) is 13.0 Å². The summed E-state index contributed by atoms with van der Waals surface area (Å²) in [5.41, 5.74) is 1.08. The average Bonchev–Trinajstić information content (AvgIpc) is 3.31. The summed E-state index contributed by atoms with van der Waals surface area (Å²) in [7, 11) is 1.14. The van der Waals surface area contributed by atoms with Gasteiger partial charge in [0.15, 0.2) is 11.5 Å². The number of carbonyl (C=O) groups excluding carboxylic acids is 1. The van der Waals surface area contributed by atoms with E-state index in [0.29, 0.717) is 34.1 Å². The van der Waals surface area contributed by atoms with E-state index in [1.165, 1.54) is 12.1 Å². The van der Waals surface area contributed by atoms with Gasteiger partial charge in [-0.25, -0.2) is 13.6 Å². The van der Waals surface area contributed by atoms with Crippen LogP contribution in [-0.4, -0.2) is 32.7 Å². The standard InChI is InChI=1S/C19H16F2O6/c1-23-19(22)17(21)14-8-25-15-6-12(2-3-13(14)15)24-7-10-4-11(20)5-16-18(10)27-9-26-16/h2-6,14,17H,7-9H2,1H3. The summed E-state index contributed by atoms with van der Waals surface area (Å²) in [5, 5.41) is 0. The third-order valence-electron chi connectivity index (χ3n) is 4.49. The summed E-state index contributed by atoms with van der Waals surface area (Å²) in [6.07, 6.45) is -1.80. The summed E-state index contributed by atoms with van der Waals surface area (Å²) >= 11 is 0. The highest BCUT2D eigenvalue weighted by Gasteiger charge is 2.37. The number of alkyl halides is 1. The molecule has 2 unspecified atom stereocenters. The Hall–Kier alpha value is -3.03. The molecule has 0 saturated heterocycles. The highest BCUT2D eigenvalue weighted by atomic mass is 19.1. The Morgan fingerprint density at radius 2 is 2.07 bits per heavy atom. The Labute approximate surface area is 153 Å². The highest BCUT2D eigenvalue weighted by Crippen LogP contribution is 2.40. The maximum atomic E-state index is 14.2. The summed E-state index contributed by atoms with van der Waals surface area (Å²) in [6.45, 7) is 0.127. The topological polar surface area (TPSA) is 63.2 Å². The third kappa shape index (κ3) is 3.22. The molecule has 2 heterocycles. The molecule has 142 valence electrons. The van der Waals surface area contributed by atoms with Crippen LogP contribution in [0.1, 0.15) is 17.0 Å². The largest absolute Gasteiger partial charge is 0.492 e. The van der Waals surface area contributed by atoms with Gasteiger partial charge in [-0.2, -0.15) is 0 Å². The van der Waals surface area contributed by atoms with Crippen LogP contribution in [0.5, 0.6) is 23.0 Å². The minimum Gasteiger partial charge on any atom is -0.492 e. The number of benzene rings is 2. The van der Waals surface area contributed by atoms with Crippen LogP contribution in [0, 0.1) is 5.82 Å². The lowest BCUT2D eigenvalue weighted by molar-refractivity contribution is -0.147. The van der Waals surface area contributed by atoms with Crippen molar-refractivity contribution >= 4 is 5.97 Å². The fourth-order valence-electron chi connectivity index (χ4n) is 3.14. The first kappa shape index (κ1) is 17.4. The fourth-order valence-corrected chi connectivity index (χ4v) is 3.14. The molecule has 2 aromatic rings. The quantitative estimate of drug-likeness (QED) is 0.745. The second kappa shape index (κ2) is 6.94. The van der Waals surface area contributed by atoms with Gasteiger partial charge in [0.1, 0.15) is 23.9 Å². The van der Waals surface area contributed by atoms with E-state index in [1.807, 2.05) is 0 Å². The SMILES string of the molecule is COC(=O)C(F)C1COc2cc(OCc3cc(F)cc4c3OCO4)ccc21. The lowest BCUT2D eigenvalue weighted by atomic mass is 9.96. The third-order valence-corrected chi connectivity index (χ3v) is 4.49. The number of halogens is 2. The number of methoxy groups -OCH3 is 1. The number of esters is 1. The van der Waals surface area contributed by atoms with E-state index in [4.69, 9.17) is 18.9 Å². The van der Waals surface area contributed by atoms with E-state index in [-0.39, 0.29) is 20.0 Å². The first-order valence-electron chi connectivity index (χ1n) is 8.26. The molecule has 0 radical (unpaired) electrons. The number of hydrogen-bond acceptors (Lipinski definition) is 6. The first-order chi connectivity index (χ1) is 13.1. The molecular weight excluding hydrogens is 362 g/mol. The van der Waals surface area contributed by atoms with Gasteiger partial charge < -0.3 is 23.7 Å². The van der Waals surface area contributed by atoms with Gasteiger partial charge in [-0.1, -0.05) is 6.07 Å². The lowest BCUT2D eigenvalue weighted by Gasteiger charge is -2.13. The van der Waals surface area contributed by atoms with Crippen LogP contribution in [-0.2, 0) is 16.1 Å². The maximum Gasteiger partial charge on any atom is 0.341 e. The predicted molar refractivity (Wildman–Crippen MR) is 88.4 cm³/mol. The van der Waals surface area contributed by atoms with Crippen molar-refractivity contribution in [3.8, 4) is 23.0 Å². The molecule has 0 aliphatic carbocycles. The minimum absolute atomic E-state index is 0.0322. The van der Waals surface area contributed by atoms with E-state index in [2.05, 4.69) is 4.74 Å². The molecule has 0 saturated carbocycles. The van der Waals surface area contributed by atoms with Gasteiger partial charge in [-0.05, 0) is 12.1 Å². The molecule has 0 N–H and O–H groups in total. The normalized spacial score (nSPS) is 17.8. The smallest absolute Gasteiger partial charge is 0.341 e. The molecule has 2 aliphatic rings. The Morgan fingerprint density at radius 3 is 2.89 bits per heavy atom. The van der Waals surface area contributed by atoms with Crippen molar-refractivity contribution in [2.75, 3.05) is 20.5 Å². The van der Waals surface area contributed by atoms with E-state index < -0.39 is 23.9 Å². The van der Waals surface area contributed by atoms with Gasteiger partial charge >= 0.3 is 5.97 Å². The van der Waals surface area contributed by atoms with Crippen molar-refractivity contribution in [2.45, 2.75) is 18.7 Å². The highest BCUT2D eigenvalue weighted by molar-refractivity contribution is 5.76.